The molecule has 0 saturated heterocycles. The topological polar surface area (TPSA) is 117 Å². The number of pyridine rings is 1. The summed E-state index contributed by atoms with van der Waals surface area (Å²) in [4.78, 5) is 29.7. The lowest BCUT2D eigenvalue weighted by atomic mass is 10.0. The lowest BCUT2D eigenvalue weighted by molar-refractivity contribution is -0.118. The van der Waals surface area contributed by atoms with E-state index in [-0.39, 0.29) is 23.1 Å². The summed E-state index contributed by atoms with van der Waals surface area (Å²) in [5, 5.41) is 5.39. The minimum atomic E-state index is -3.65. The maximum Gasteiger partial charge on any atom is 0.270 e. The van der Waals surface area contributed by atoms with Gasteiger partial charge in [-0.15, -0.1) is 0 Å². The first-order chi connectivity index (χ1) is 17.3. The zero-order valence-electron chi connectivity index (χ0n) is 19.5. The molecule has 0 radical (unpaired) electrons. The van der Waals surface area contributed by atoms with Gasteiger partial charge in [-0.1, -0.05) is 43.2 Å². The molecule has 1 unspecified atom stereocenters. The summed E-state index contributed by atoms with van der Waals surface area (Å²) >= 11 is 0. The lowest BCUT2D eigenvalue weighted by Crippen LogP contribution is -2.45. The number of nitrogens with one attached hydrogen (secondary N) is 3. The second kappa shape index (κ2) is 11.4. The number of nitrogens with zero attached hydrogens (tertiary/aromatic N) is 1. The predicted octanol–water partition coefficient (Wildman–Crippen LogP) is 3.42. The summed E-state index contributed by atoms with van der Waals surface area (Å²) in [6, 6.07) is 16.4. The van der Waals surface area contributed by atoms with E-state index in [1.54, 1.807) is 0 Å². The molecule has 4 rings (SSSR count). The molecule has 1 heterocycles. The van der Waals surface area contributed by atoms with Gasteiger partial charge >= 0.3 is 0 Å². The van der Waals surface area contributed by atoms with Crippen LogP contribution in [0, 0.1) is 5.82 Å². The number of aromatic nitrogens is 1. The minimum absolute atomic E-state index is 0.0217. The van der Waals surface area contributed by atoms with Crippen molar-refractivity contribution in [1.29, 1.82) is 0 Å². The van der Waals surface area contributed by atoms with Crippen LogP contribution in [0.25, 0.3) is 0 Å². The molecule has 1 aliphatic carbocycles. The molecule has 1 fully saturated rings. The van der Waals surface area contributed by atoms with Crippen LogP contribution in [0.2, 0.25) is 0 Å². The third-order valence-corrected chi connectivity index (χ3v) is 7.51. The van der Waals surface area contributed by atoms with Gasteiger partial charge in [0.25, 0.3) is 5.91 Å². The average Bonchev–Trinajstić information content (AvgIpc) is 3.37. The third-order valence-electron chi connectivity index (χ3n) is 5.97. The molecule has 3 N–H and O–H groups in total. The van der Waals surface area contributed by atoms with Crippen molar-refractivity contribution in [2.45, 2.75) is 49.1 Å². The van der Waals surface area contributed by atoms with Gasteiger partial charge in [0.1, 0.15) is 17.6 Å². The van der Waals surface area contributed by atoms with E-state index < -0.39 is 33.7 Å². The van der Waals surface area contributed by atoms with Gasteiger partial charge in [-0.25, -0.2) is 22.5 Å². The number of carbonyl (C=O) groups excluding carboxylic acids is 2. The van der Waals surface area contributed by atoms with Crippen LogP contribution in [0.3, 0.4) is 0 Å². The molecule has 2 aromatic carbocycles. The van der Waals surface area contributed by atoms with Crippen molar-refractivity contribution in [2.75, 3.05) is 5.32 Å². The van der Waals surface area contributed by atoms with Crippen LogP contribution in [0.15, 0.2) is 77.8 Å². The summed E-state index contributed by atoms with van der Waals surface area (Å²) in [5.74, 6) is -1.69. The van der Waals surface area contributed by atoms with Crippen molar-refractivity contribution in [3.05, 3.63) is 90.0 Å². The van der Waals surface area contributed by atoms with Crippen molar-refractivity contribution in [1.82, 2.24) is 15.0 Å². The zero-order valence-corrected chi connectivity index (χ0v) is 20.3. The van der Waals surface area contributed by atoms with Gasteiger partial charge in [-0.05, 0) is 54.8 Å². The van der Waals surface area contributed by atoms with Gasteiger partial charge in [0, 0.05) is 18.2 Å². The van der Waals surface area contributed by atoms with Crippen molar-refractivity contribution in [2.24, 2.45) is 0 Å². The highest BCUT2D eigenvalue weighted by Crippen LogP contribution is 2.21. The number of sulfonamides is 1. The molecular weight excluding hydrogens is 483 g/mol. The standard InChI is InChI=1S/C26H27FN4O4S/c27-19-10-15-23(28-17-19)25(32)30-24(16-18-6-2-1-3-7-18)26(33)29-20-11-13-22(14-12-20)36(34,35)31-21-8-4-5-9-21/h1-3,6-7,10-15,17,21,24,31H,4-5,8-9,16H2,(H,29,33)(H,30,32). The Labute approximate surface area is 209 Å². The average molecular weight is 511 g/mol. The first-order valence-corrected chi connectivity index (χ1v) is 13.2. The van der Waals surface area contributed by atoms with Gasteiger partial charge in [0.2, 0.25) is 15.9 Å². The number of hydrogen-bond donors (Lipinski definition) is 3. The first-order valence-electron chi connectivity index (χ1n) is 11.7. The third kappa shape index (κ3) is 6.73. The number of halogens is 1. The van der Waals surface area contributed by atoms with Crippen molar-refractivity contribution >= 4 is 27.5 Å². The van der Waals surface area contributed by atoms with E-state index in [1.807, 2.05) is 30.3 Å². The maximum absolute atomic E-state index is 13.2. The number of benzene rings is 2. The fourth-order valence-corrected chi connectivity index (χ4v) is 5.38. The Kier molecular flexibility index (Phi) is 8.07. The van der Waals surface area contributed by atoms with Crippen LogP contribution in [0.5, 0.6) is 0 Å². The zero-order chi connectivity index (χ0) is 25.5. The first kappa shape index (κ1) is 25.5. The van der Waals surface area contributed by atoms with Crippen LogP contribution < -0.4 is 15.4 Å². The van der Waals surface area contributed by atoms with Crippen molar-refractivity contribution < 1.29 is 22.4 Å². The number of anilines is 1. The summed E-state index contributed by atoms with van der Waals surface area (Å²) in [7, 11) is -3.65. The molecule has 188 valence electrons. The highest BCUT2D eigenvalue weighted by Gasteiger charge is 2.25. The number of hydrogen-bond acceptors (Lipinski definition) is 5. The van der Waals surface area contributed by atoms with E-state index in [0.29, 0.717) is 5.69 Å². The molecule has 8 nitrogen and oxygen atoms in total. The maximum atomic E-state index is 13.2. The Morgan fingerprint density at radius 1 is 0.972 bits per heavy atom. The highest BCUT2D eigenvalue weighted by atomic mass is 32.2. The second-order valence-corrected chi connectivity index (χ2v) is 10.4. The molecule has 1 saturated carbocycles. The molecule has 2 amide bonds. The van der Waals surface area contributed by atoms with Gasteiger partial charge in [-0.2, -0.15) is 0 Å². The number of carbonyl (C=O) groups is 2. The van der Waals surface area contributed by atoms with Gasteiger partial charge in [-0.3, -0.25) is 9.59 Å². The Morgan fingerprint density at radius 2 is 1.67 bits per heavy atom. The van der Waals surface area contributed by atoms with Crippen LogP contribution in [-0.2, 0) is 21.2 Å². The van der Waals surface area contributed by atoms with E-state index >= 15 is 0 Å². The molecule has 36 heavy (non-hydrogen) atoms. The molecule has 1 aliphatic rings. The van der Waals surface area contributed by atoms with Crippen LogP contribution >= 0.6 is 0 Å². The lowest BCUT2D eigenvalue weighted by Gasteiger charge is -2.19. The van der Waals surface area contributed by atoms with Gasteiger partial charge < -0.3 is 10.6 Å². The van der Waals surface area contributed by atoms with Crippen molar-refractivity contribution in [3.8, 4) is 0 Å². The Hall–Kier alpha value is -3.63. The molecule has 0 spiro atoms. The SMILES string of the molecule is O=C(NC(Cc1ccccc1)C(=O)Nc1ccc(S(=O)(=O)NC2CCCC2)cc1)c1ccc(F)cn1. The van der Waals surface area contributed by atoms with E-state index in [4.69, 9.17) is 0 Å². The highest BCUT2D eigenvalue weighted by molar-refractivity contribution is 7.89. The Morgan fingerprint density at radius 3 is 2.31 bits per heavy atom. The van der Waals surface area contributed by atoms with E-state index in [0.717, 1.165) is 43.5 Å². The fraction of sp³-hybridized carbons (Fsp3) is 0.269. The Balaban J connectivity index is 1.46. The quantitative estimate of drug-likeness (QED) is 0.408. The smallest absolute Gasteiger partial charge is 0.270 e. The molecular formula is C26H27FN4O4S. The summed E-state index contributed by atoms with van der Waals surface area (Å²) in [6.45, 7) is 0. The fourth-order valence-electron chi connectivity index (χ4n) is 4.08. The van der Waals surface area contributed by atoms with Crippen LogP contribution in [0.4, 0.5) is 10.1 Å². The Bertz CT molecular complexity index is 1290. The molecule has 1 atom stereocenters. The minimum Gasteiger partial charge on any atom is -0.339 e. The number of amides is 2. The summed E-state index contributed by atoms with van der Waals surface area (Å²) in [5.41, 5.74) is 1.18. The molecule has 1 aromatic heterocycles. The molecule has 3 aromatic rings. The summed E-state index contributed by atoms with van der Waals surface area (Å²) in [6.07, 6.45) is 4.81. The normalized spacial score (nSPS) is 14.8. The van der Waals surface area contributed by atoms with E-state index in [1.165, 1.54) is 30.3 Å². The van der Waals surface area contributed by atoms with E-state index in [9.17, 15) is 22.4 Å². The largest absolute Gasteiger partial charge is 0.339 e. The molecule has 0 aliphatic heterocycles. The monoisotopic (exact) mass is 510 g/mol. The molecule has 10 heteroatoms. The van der Waals surface area contributed by atoms with Crippen molar-refractivity contribution in [3.63, 3.8) is 0 Å². The molecule has 0 bridgehead atoms. The predicted molar refractivity (Wildman–Crippen MR) is 133 cm³/mol. The second-order valence-electron chi connectivity index (χ2n) is 8.69. The number of rotatable bonds is 9. The van der Waals surface area contributed by atoms with E-state index in [2.05, 4.69) is 20.3 Å². The van der Waals surface area contributed by atoms with Gasteiger partial charge in [0.05, 0.1) is 11.1 Å². The van der Waals surface area contributed by atoms with Crippen LogP contribution in [0.1, 0.15) is 41.7 Å². The summed E-state index contributed by atoms with van der Waals surface area (Å²) < 4.78 is 41.2. The van der Waals surface area contributed by atoms with Crippen LogP contribution in [-0.4, -0.2) is 37.3 Å². The van der Waals surface area contributed by atoms with Gasteiger partial charge in [0.15, 0.2) is 0 Å².